The van der Waals surface area contributed by atoms with Gasteiger partial charge >= 0.3 is 0 Å². The number of rotatable bonds is 2. The molecule has 0 aromatic heterocycles. The third-order valence-electron chi connectivity index (χ3n) is 1.81. The number of hydrogen-bond acceptors (Lipinski definition) is 3. The Balaban J connectivity index is 3.28. The van der Waals surface area contributed by atoms with E-state index >= 15 is 0 Å². The van der Waals surface area contributed by atoms with Crippen molar-refractivity contribution in [1.29, 1.82) is 0 Å². The molecule has 0 radical (unpaired) electrons. The van der Waals surface area contributed by atoms with Gasteiger partial charge < -0.3 is 5.73 Å². The first-order valence-corrected chi connectivity index (χ1v) is 5.83. The Labute approximate surface area is 88.1 Å². The lowest BCUT2D eigenvalue weighted by molar-refractivity contribution is 0.604. The van der Waals surface area contributed by atoms with Crippen LogP contribution in [-0.2, 0) is 9.84 Å². The molecule has 76 valence electrons. The van der Waals surface area contributed by atoms with Crippen molar-refractivity contribution in [2.24, 2.45) is 0 Å². The second-order valence-corrected chi connectivity index (χ2v) is 4.91. The number of sulfone groups is 1. The van der Waals surface area contributed by atoms with Gasteiger partial charge in [-0.15, -0.1) is 0 Å². The molecule has 2 N–H and O–H groups in total. The fourth-order valence-electron chi connectivity index (χ4n) is 0.942. The number of aryl methyl sites for hydroxylation is 1. The average molecular weight is 232 g/mol. The first kappa shape index (κ1) is 11.1. The molecule has 0 spiro atoms. The lowest BCUT2D eigenvalue weighted by atomic mass is 10.2. The third-order valence-corrected chi connectivity index (χ3v) is 3.49. The lowest BCUT2D eigenvalue weighted by Crippen LogP contribution is -1.98. The Morgan fingerprint density at radius 3 is 2.57 bits per heavy atom. The predicted molar refractivity (Wildman–Crippen MR) is 57.8 cm³/mol. The van der Waals surface area contributed by atoms with Gasteiger partial charge in [-0.05, 0) is 24.6 Å². The van der Waals surface area contributed by atoms with E-state index in [2.05, 4.69) is 0 Å². The van der Waals surface area contributed by atoms with Crippen molar-refractivity contribution in [3.8, 4) is 0 Å². The first-order chi connectivity index (χ1) is 6.47. The van der Waals surface area contributed by atoms with Gasteiger partial charge in [0, 0.05) is 16.6 Å². The summed E-state index contributed by atoms with van der Waals surface area (Å²) in [5.41, 5.74) is 7.85. The molecule has 0 aliphatic rings. The highest BCUT2D eigenvalue weighted by Gasteiger charge is 2.10. The minimum atomic E-state index is -3.44. The molecule has 5 heteroatoms. The van der Waals surface area contributed by atoms with Crippen molar-refractivity contribution in [2.75, 3.05) is 5.73 Å². The summed E-state index contributed by atoms with van der Waals surface area (Å²) in [6, 6.07) is 4.57. The van der Waals surface area contributed by atoms with Crippen LogP contribution in [0, 0.1) is 6.92 Å². The van der Waals surface area contributed by atoms with Gasteiger partial charge in [-0.25, -0.2) is 8.42 Å². The molecular formula is C9H10ClNO2S. The van der Waals surface area contributed by atoms with E-state index in [4.69, 9.17) is 17.3 Å². The minimum absolute atomic E-state index is 0.150. The molecule has 0 aliphatic carbocycles. The van der Waals surface area contributed by atoms with E-state index in [1.165, 1.54) is 12.1 Å². The van der Waals surface area contributed by atoms with Crippen LogP contribution in [0.25, 0.3) is 0 Å². The maximum absolute atomic E-state index is 11.5. The van der Waals surface area contributed by atoms with Crippen LogP contribution in [0.2, 0.25) is 0 Å². The van der Waals surface area contributed by atoms with Gasteiger partial charge in [0.2, 0.25) is 9.84 Å². The van der Waals surface area contributed by atoms with E-state index in [0.29, 0.717) is 5.69 Å². The molecule has 0 saturated carbocycles. The van der Waals surface area contributed by atoms with E-state index in [0.717, 1.165) is 16.5 Å². The van der Waals surface area contributed by atoms with E-state index < -0.39 is 9.84 Å². The summed E-state index contributed by atoms with van der Waals surface area (Å²) in [5.74, 6) is 0. The normalized spacial score (nSPS) is 12.1. The molecule has 0 fully saturated rings. The second-order valence-electron chi connectivity index (χ2n) is 2.83. The quantitative estimate of drug-likeness (QED) is 0.793. The zero-order valence-electron chi connectivity index (χ0n) is 7.57. The van der Waals surface area contributed by atoms with Gasteiger partial charge in [-0.3, -0.25) is 0 Å². The maximum atomic E-state index is 11.5. The number of anilines is 1. The summed E-state index contributed by atoms with van der Waals surface area (Å²) in [6.45, 7) is 1.81. The van der Waals surface area contributed by atoms with Gasteiger partial charge in [0.15, 0.2) is 0 Å². The van der Waals surface area contributed by atoms with Gasteiger partial charge in [0.1, 0.15) is 0 Å². The summed E-state index contributed by atoms with van der Waals surface area (Å²) < 4.78 is 22.9. The fourth-order valence-corrected chi connectivity index (χ4v) is 2.19. The Hall–Kier alpha value is -1.00. The highest BCUT2D eigenvalue weighted by molar-refractivity contribution is 7.94. The van der Waals surface area contributed by atoms with Crippen molar-refractivity contribution >= 4 is 27.1 Å². The highest BCUT2D eigenvalue weighted by atomic mass is 35.5. The molecule has 3 nitrogen and oxygen atoms in total. The number of benzene rings is 1. The Morgan fingerprint density at radius 1 is 1.43 bits per heavy atom. The molecule has 0 bridgehead atoms. The summed E-state index contributed by atoms with van der Waals surface area (Å²) in [5, 5.41) is 0.929. The zero-order valence-corrected chi connectivity index (χ0v) is 9.14. The summed E-state index contributed by atoms with van der Waals surface area (Å²) in [6.07, 6.45) is 0. The van der Waals surface area contributed by atoms with Gasteiger partial charge in [-0.2, -0.15) is 0 Å². The molecule has 0 saturated heterocycles. The van der Waals surface area contributed by atoms with Crippen molar-refractivity contribution in [1.82, 2.24) is 0 Å². The van der Waals surface area contributed by atoms with E-state index in [1.54, 1.807) is 6.07 Å². The molecule has 14 heavy (non-hydrogen) atoms. The molecule has 1 aromatic carbocycles. The van der Waals surface area contributed by atoms with Gasteiger partial charge in [0.25, 0.3) is 0 Å². The summed E-state index contributed by atoms with van der Waals surface area (Å²) in [7, 11) is -3.44. The summed E-state index contributed by atoms with van der Waals surface area (Å²) in [4.78, 5) is 0.150. The van der Waals surface area contributed by atoms with Crippen molar-refractivity contribution in [3.63, 3.8) is 0 Å². The van der Waals surface area contributed by atoms with Gasteiger partial charge in [0.05, 0.1) is 4.90 Å². The number of halogens is 1. The molecule has 0 amide bonds. The van der Waals surface area contributed by atoms with Crippen LogP contribution in [0.15, 0.2) is 34.0 Å². The van der Waals surface area contributed by atoms with E-state index in [-0.39, 0.29) is 4.90 Å². The molecule has 0 aliphatic heterocycles. The third kappa shape index (κ3) is 2.27. The number of hydrogen-bond donors (Lipinski definition) is 1. The number of nitrogen functional groups attached to an aromatic ring is 1. The van der Waals surface area contributed by atoms with Crippen LogP contribution in [0.5, 0.6) is 0 Å². The topological polar surface area (TPSA) is 60.2 Å². The Bertz CT molecular complexity index is 466. The van der Waals surface area contributed by atoms with Crippen LogP contribution in [0.3, 0.4) is 0 Å². The van der Waals surface area contributed by atoms with Crippen LogP contribution >= 0.6 is 11.6 Å². The standard InChI is InChI=1S/C9H10ClNO2S/c1-7-2-3-8(6-9(7)11)14(12,13)5-4-10/h2-6H,11H2,1H3. The average Bonchev–Trinajstić information content (AvgIpc) is 2.09. The SMILES string of the molecule is Cc1ccc(S(=O)(=O)C=CCl)cc1N. The second kappa shape index (κ2) is 4.02. The van der Waals surface area contributed by atoms with Crippen LogP contribution in [-0.4, -0.2) is 8.42 Å². The fraction of sp³-hybridized carbons (Fsp3) is 0.111. The smallest absolute Gasteiger partial charge is 0.200 e. The highest BCUT2D eigenvalue weighted by Crippen LogP contribution is 2.18. The van der Waals surface area contributed by atoms with Crippen molar-refractivity contribution in [2.45, 2.75) is 11.8 Å². The van der Waals surface area contributed by atoms with E-state index in [9.17, 15) is 8.42 Å². The largest absolute Gasteiger partial charge is 0.398 e. The monoisotopic (exact) mass is 231 g/mol. The minimum Gasteiger partial charge on any atom is -0.398 e. The maximum Gasteiger partial charge on any atom is 0.200 e. The molecule has 0 atom stereocenters. The Morgan fingerprint density at radius 2 is 2.07 bits per heavy atom. The molecular weight excluding hydrogens is 222 g/mol. The zero-order chi connectivity index (χ0) is 10.8. The predicted octanol–water partition coefficient (Wildman–Crippen LogP) is 2.06. The van der Waals surface area contributed by atoms with Gasteiger partial charge in [-0.1, -0.05) is 17.7 Å². The van der Waals surface area contributed by atoms with Crippen molar-refractivity contribution in [3.05, 3.63) is 34.7 Å². The summed E-state index contributed by atoms with van der Waals surface area (Å²) >= 11 is 5.22. The number of nitrogens with two attached hydrogens (primary N) is 1. The van der Waals surface area contributed by atoms with Crippen LogP contribution < -0.4 is 5.73 Å². The Kier molecular flexibility index (Phi) is 3.18. The molecule has 0 heterocycles. The molecule has 1 aromatic rings. The van der Waals surface area contributed by atoms with E-state index in [1.807, 2.05) is 6.92 Å². The van der Waals surface area contributed by atoms with Crippen LogP contribution in [0.4, 0.5) is 5.69 Å². The lowest BCUT2D eigenvalue weighted by Gasteiger charge is -2.02. The molecule has 1 rings (SSSR count). The van der Waals surface area contributed by atoms with Crippen LogP contribution in [0.1, 0.15) is 5.56 Å². The molecule has 0 unspecified atom stereocenters. The van der Waals surface area contributed by atoms with Crippen molar-refractivity contribution < 1.29 is 8.42 Å². The first-order valence-electron chi connectivity index (χ1n) is 3.85.